The standard InChI is InChI=1S/C16H15BrClF/c1-11-5-2-3-7-14(11)13(10-17)9-12-6-4-8-15(18)16(12)19/h2-8,13H,9-10H2,1H3. The van der Waals surface area contributed by atoms with Crippen LogP contribution < -0.4 is 0 Å². The largest absolute Gasteiger partial charge is 0.205 e. The van der Waals surface area contributed by atoms with Gasteiger partial charge in [-0.3, -0.25) is 0 Å². The van der Waals surface area contributed by atoms with E-state index in [1.54, 1.807) is 18.2 Å². The molecule has 0 aliphatic rings. The van der Waals surface area contributed by atoms with Gasteiger partial charge in [0.2, 0.25) is 0 Å². The second-order valence-corrected chi connectivity index (χ2v) is 5.68. The van der Waals surface area contributed by atoms with Gasteiger partial charge >= 0.3 is 0 Å². The van der Waals surface area contributed by atoms with Crippen LogP contribution in [-0.4, -0.2) is 5.33 Å². The van der Waals surface area contributed by atoms with E-state index >= 15 is 0 Å². The Morgan fingerprint density at radius 2 is 1.89 bits per heavy atom. The van der Waals surface area contributed by atoms with Crippen LogP contribution in [0.4, 0.5) is 4.39 Å². The minimum absolute atomic E-state index is 0.190. The Balaban J connectivity index is 2.30. The molecule has 0 aliphatic heterocycles. The van der Waals surface area contributed by atoms with Crippen molar-refractivity contribution < 1.29 is 4.39 Å². The lowest BCUT2D eigenvalue weighted by molar-refractivity contribution is 0.599. The van der Waals surface area contributed by atoms with E-state index in [9.17, 15) is 4.39 Å². The highest BCUT2D eigenvalue weighted by Gasteiger charge is 2.16. The van der Waals surface area contributed by atoms with Crippen LogP contribution in [0.3, 0.4) is 0 Å². The van der Waals surface area contributed by atoms with Crippen LogP contribution in [0.5, 0.6) is 0 Å². The number of aryl methyl sites for hydroxylation is 1. The van der Waals surface area contributed by atoms with Gasteiger partial charge in [-0.25, -0.2) is 4.39 Å². The van der Waals surface area contributed by atoms with Gasteiger partial charge in [-0.1, -0.05) is 63.9 Å². The Bertz CT molecular complexity index is 568. The summed E-state index contributed by atoms with van der Waals surface area (Å²) in [5.74, 6) is -0.0575. The number of benzene rings is 2. The molecule has 0 heterocycles. The van der Waals surface area contributed by atoms with Crippen LogP contribution in [0, 0.1) is 12.7 Å². The van der Waals surface area contributed by atoms with Crippen molar-refractivity contribution in [3.05, 3.63) is 70.0 Å². The summed E-state index contributed by atoms with van der Waals surface area (Å²) < 4.78 is 14.0. The number of halogens is 3. The highest BCUT2D eigenvalue weighted by Crippen LogP contribution is 2.28. The summed E-state index contributed by atoms with van der Waals surface area (Å²) in [7, 11) is 0. The fraction of sp³-hybridized carbons (Fsp3) is 0.250. The molecule has 3 heteroatoms. The van der Waals surface area contributed by atoms with Crippen LogP contribution in [0.2, 0.25) is 5.02 Å². The van der Waals surface area contributed by atoms with Crippen molar-refractivity contribution in [2.45, 2.75) is 19.3 Å². The third-order valence-electron chi connectivity index (χ3n) is 3.31. The normalized spacial score (nSPS) is 12.4. The molecule has 0 saturated heterocycles. The Kier molecular flexibility index (Phi) is 5.00. The van der Waals surface area contributed by atoms with E-state index < -0.39 is 0 Å². The topological polar surface area (TPSA) is 0 Å². The Morgan fingerprint density at radius 1 is 1.16 bits per heavy atom. The van der Waals surface area contributed by atoms with Gasteiger partial charge in [0.25, 0.3) is 0 Å². The molecule has 0 bridgehead atoms. The lowest BCUT2D eigenvalue weighted by atomic mass is 9.90. The van der Waals surface area contributed by atoms with Crippen molar-refractivity contribution in [3.63, 3.8) is 0 Å². The Labute approximate surface area is 126 Å². The molecule has 0 N–H and O–H groups in total. The molecule has 19 heavy (non-hydrogen) atoms. The van der Waals surface area contributed by atoms with Crippen molar-refractivity contribution >= 4 is 27.5 Å². The van der Waals surface area contributed by atoms with Crippen LogP contribution in [0.25, 0.3) is 0 Å². The van der Waals surface area contributed by atoms with Crippen LogP contribution in [0.1, 0.15) is 22.6 Å². The van der Waals surface area contributed by atoms with Gasteiger partial charge in [0.1, 0.15) is 5.82 Å². The first-order chi connectivity index (χ1) is 9.13. The second kappa shape index (κ2) is 6.53. The molecule has 0 saturated carbocycles. The SMILES string of the molecule is Cc1ccccc1C(CBr)Cc1cccc(Cl)c1F. The number of hydrogen-bond donors (Lipinski definition) is 0. The third-order valence-corrected chi connectivity index (χ3v) is 4.39. The van der Waals surface area contributed by atoms with Gasteiger partial charge in [-0.15, -0.1) is 0 Å². The molecule has 0 amide bonds. The quantitative estimate of drug-likeness (QED) is 0.643. The van der Waals surface area contributed by atoms with E-state index in [2.05, 4.69) is 35.0 Å². The van der Waals surface area contributed by atoms with Crippen LogP contribution in [0.15, 0.2) is 42.5 Å². The fourth-order valence-corrected chi connectivity index (χ4v) is 3.04. The fourth-order valence-electron chi connectivity index (χ4n) is 2.26. The maximum absolute atomic E-state index is 14.0. The Morgan fingerprint density at radius 3 is 2.58 bits per heavy atom. The number of rotatable bonds is 4. The molecule has 0 radical (unpaired) electrons. The monoisotopic (exact) mass is 340 g/mol. The molecule has 0 spiro atoms. The summed E-state index contributed by atoms with van der Waals surface area (Å²) in [4.78, 5) is 0. The molecule has 0 aromatic heterocycles. The van der Waals surface area contributed by atoms with E-state index in [0.717, 1.165) is 5.33 Å². The zero-order valence-corrected chi connectivity index (χ0v) is 13.0. The second-order valence-electron chi connectivity index (χ2n) is 4.62. The van der Waals surface area contributed by atoms with Crippen molar-refractivity contribution in [2.24, 2.45) is 0 Å². The first-order valence-electron chi connectivity index (χ1n) is 6.18. The van der Waals surface area contributed by atoms with Gasteiger partial charge in [0.05, 0.1) is 5.02 Å². The summed E-state index contributed by atoms with van der Waals surface area (Å²) in [5, 5.41) is 0.986. The maximum Gasteiger partial charge on any atom is 0.144 e. The molecule has 2 rings (SSSR count). The van der Waals surface area contributed by atoms with E-state index in [0.29, 0.717) is 12.0 Å². The summed E-state index contributed by atoms with van der Waals surface area (Å²) in [5.41, 5.74) is 3.15. The van der Waals surface area contributed by atoms with Crippen molar-refractivity contribution in [2.75, 3.05) is 5.33 Å². The molecule has 1 atom stereocenters. The van der Waals surface area contributed by atoms with Gasteiger partial charge in [0.15, 0.2) is 0 Å². The molecule has 2 aromatic carbocycles. The summed E-state index contributed by atoms with van der Waals surface area (Å²) >= 11 is 9.36. The smallest absolute Gasteiger partial charge is 0.144 e. The van der Waals surface area contributed by atoms with Gasteiger partial charge in [0, 0.05) is 5.33 Å². The molecule has 1 unspecified atom stereocenters. The van der Waals surface area contributed by atoms with Gasteiger partial charge in [-0.2, -0.15) is 0 Å². The number of alkyl halides is 1. The lowest BCUT2D eigenvalue weighted by Gasteiger charge is -2.17. The van der Waals surface area contributed by atoms with E-state index in [1.807, 2.05) is 12.1 Å². The average molecular weight is 342 g/mol. The van der Waals surface area contributed by atoms with Crippen LogP contribution in [-0.2, 0) is 6.42 Å². The molecule has 0 fully saturated rings. The first kappa shape index (κ1) is 14.5. The minimum atomic E-state index is -0.302. The van der Waals surface area contributed by atoms with Crippen molar-refractivity contribution in [1.29, 1.82) is 0 Å². The third kappa shape index (κ3) is 3.37. The lowest BCUT2D eigenvalue weighted by Crippen LogP contribution is -2.07. The predicted molar refractivity (Wildman–Crippen MR) is 82.8 cm³/mol. The highest BCUT2D eigenvalue weighted by atomic mass is 79.9. The van der Waals surface area contributed by atoms with E-state index in [-0.39, 0.29) is 16.8 Å². The summed E-state index contributed by atoms with van der Waals surface area (Å²) in [6.45, 7) is 2.08. The Hall–Kier alpha value is -0.860. The summed E-state index contributed by atoms with van der Waals surface area (Å²) in [6, 6.07) is 13.4. The van der Waals surface area contributed by atoms with Gasteiger partial charge in [-0.05, 0) is 42.0 Å². The van der Waals surface area contributed by atoms with E-state index in [1.165, 1.54) is 11.1 Å². The minimum Gasteiger partial charge on any atom is -0.205 e. The zero-order valence-electron chi connectivity index (χ0n) is 10.7. The molecule has 0 nitrogen and oxygen atoms in total. The highest BCUT2D eigenvalue weighted by molar-refractivity contribution is 9.09. The molecular formula is C16H15BrClF. The summed E-state index contributed by atoms with van der Waals surface area (Å²) in [6.07, 6.45) is 0.641. The molecule has 100 valence electrons. The van der Waals surface area contributed by atoms with E-state index in [4.69, 9.17) is 11.6 Å². The maximum atomic E-state index is 14.0. The van der Waals surface area contributed by atoms with Crippen molar-refractivity contribution in [3.8, 4) is 0 Å². The predicted octanol–water partition coefficient (Wildman–Crippen LogP) is 5.51. The number of hydrogen-bond acceptors (Lipinski definition) is 0. The molecule has 2 aromatic rings. The molecular weight excluding hydrogens is 327 g/mol. The average Bonchev–Trinajstić information content (AvgIpc) is 2.41. The van der Waals surface area contributed by atoms with Crippen molar-refractivity contribution in [1.82, 2.24) is 0 Å². The first-order valence-corrected chi connectivity index (χ1v) is 7.67. The zero-order chi connectivity index (χ0) is 13.8. The molecule has 0 aliphatic carbocycles. The van der Waals surface area contributed by atoms with Gasteiger partial charge < -0.3 is 0 Å². The van der Waals surface area contributed by atoms with Crippen LogP contribution >= 0.6 is 27.5 Å².